The highest BCUT2D eigenvalue weighted by Crippen LogP contribution is 2.52. The van der Waals surface area contributed by atoms with E-state index in [9.17, 15) is 9.59 Å². The molecular weight excluding hydrogens is 472 g/mol. The van der Waals surface area contributed by atoms with E-state index >= 15 is 0 Å². The van der Waals surface area contributed by atoms with E-state index in [1.807, 2.05) is 59.1 Å². The molecule has 1 unspecified atom stereocenters. The molecule has 0 spiro atoms. The molecule has 3 atom stereocenters. The average molecular weight is 507 g/mol. The van der Waals surface area contributed by atoms with Crippen molar-refractivity contribution in [2.75, 3.05) is 13.1 Å². The lowest BCUT2D eigenvalue weighted by Gasteiger charge is -2.27. The number of pyridine rings is 1. The van der Waals surface area contributed by atoms with E-state index in [-0.39, 0.29) is 29.8 Å². The van der Waals surface area contributed by atoms with Crippen molar-refractivity contribution in [2.24, 2.45) is 17.8 Å². The first-order chi connectivity index (χ1) is 17.0. The lowest BCUT2D eigenvalue weighted by atomic mass is 10.0. The van der Waals surface area contributed by atoms with E-state index in [0.717, 1.165) is 22.0 Å². The van der Waals surface area contributed by atoms with E-state index in [2.05, 4.69) is 40.0 Å². The Bertz CT molecular complexity index is 1270. The fraction of sp³-hybridized carbons (Fsp3) is 0.464. The van der Waals surface area contributed by atoms with Crippen LogP contribution >= 0.6 is 11.8 Å². The number of carbonyl (C=O) groups is 2. The van der Waals surface area contributed by atoms with E-state index in [1.54, 1.807) is 16.7 Å². The van der Waals surface area contributed by atoms with Crippen molar-refractivity contribution in [2.45, 2.75) is 56.4 Å². The molecule has 3 heterocycles. The molecule has 0 bridgehead atoms. The smallest absolute Gasteiger partial charge is 0.410 e. The monoisotopic (exact) mass is 506 g/mol. The Balaban J connectivity index is 1.23. The van der Waals surface area contributed by atoms with Crippen molar-refractivity contribution in [3.05, 3.63) is 66.2 Å². The third-order valence-electron chi connectivity index (χ3n) is 6.91. The number of benzene rings is 1. The molecule has 36 heavy (non-hydrogen) atoms. The fourth-order valence-electron chi connectivity index (χ4n) is 5.15. The first-order valence-corrected chi connectivity index (χ1v) is 13.5. The zero-order valence-electron chi connectivity index (χ0n) is 21.5. The third kappa shape index (κ3) is 4.96. The van der Waals surface area contributed by atoms with Gasteiger partial charge in [-0.3, -0.25) is 4.79 Å². The number of piperidine rings is 1. The number of carbonyl (C=O) groups excluding carboxylic acids is 2. The number of aromatic nitrogens is 2. The maximum Gasteiger partial charge on any atom is 0.410 e. The van der Waals surface area contributed by atoms with E-state index < -0.39 is 11.1 Å². The summed E-state index contributed by atoms with van der Waals surface area (Å²) in [4.78, 5) is 33.2. The molecule has 1 aromatic carbocycles. The summed E-state index contributed by atoms with van der Waals surface area (Å²) in [6.07, 6.45) is 3.60. The Morgan fingerprint density at radius 2 is 1.75 bits per heavy atom. The van der Waals surface area contributed by atoms with Gasteiger partial charge < -0.3 is 19.4 Å². The van der Waals surface area contributed by atoms with Crippen molar-refractivity contribution in [3.8, 4) is 0 Å². The van der Waals surface area contributed by atoms with Crippen LogP contribution in [-0.4, -0.2) is 45.0 Å². The highest BCUT2D eigenvalue weighted by molar-refractivity contribution is 7.98. The Hall–Kier alpha value is -3.00. The number of fused-ring (bicyclic) bond motifs is 2. The predicted molar refractivity (Wildman–Crippen MR) is 141 cm³/mol. The number of rotatable bonds is 6. The molecule has 190 valence electrons. The molecule has 2 fully saturated rings. The highest BCUT2D eigenvalue weighted by Gasteiger charge is 2.61. The molecule has 2 aliphatic rings. The molecule has 2 amide bonds. The molecule has 8 heteroatoms. The van der Waals surface area contributed by atoms with Crippen LogP contribution in [-0.2, 0) is 20.8 Å². The van der Waals surface area contributed by atoms with Crippen LogP contribution in [0.1, 0.15) is 46.0 Å². The fourth-order valence-corrected chi connectivity index (χ4v) is 6.14. The molecule has 1 aliphatic carbocycles. The molecule has 2 aromatic heterocycles. The van der Waals surface area contributed by atoms with Crippen LogP contribution in [0.15, 0.2) is 59.8 Å². The first-order valence-electron chi connectivity index (χ1n) is 12.5. The van der Waals surface area contributed by atoms with Gasteiger partial charge in [-0.05, 0) is 64.2 Å². The van der Waals surface area contributed by atoms with Crippen molar-refractivity contribution < 1.29 is 14.3 Å². The average Bonchev–Trinajstić information content (AvgIpc) is 3.13. The minimum Gasteiger partial charge on any atom is -0.444 e. The first kappa shape index (κ1) is 24.7. The number of imidazole rings is 1. The van der Waals surface area contributed by atoms with Crippen molar-refractivity contribution in [3.63, 3.8) is 0 Å². The number of ether oxygens (including phenoxy) is 1. The summed E-state index contributed by atoms with van der Waals surface area (Å²) in [6, 6.07) is 14.5. The Morgan fingerprint density at radius 1 is 1.06 bits per heavy atom. The quantitative estimate of drug-likeness (QED) is 0.471. The van der Waals surface area contributed by atoms with E-state index in [4.69, 9.17) is 9.72 Å². The van der Waals surface area contributed by atoms with E-state index in [1.165, 1.54) is 5.56 Å². The lowest BCUT2D eigenvalue weighted by Crippen LogP contribution is -2.45. The minimum atomic E-state index is -0.645. The Morgan fingerprint density at radius 3 is 2.42 bits per heavy atom. The number of likely N-dealkylation sites (tertiary alicyclic amines) is 1. The number of nitrogens with one attached hydrogen (secondary N) is 1. The van der Waals surface area contributed by atoms with Crippen LogP contribution in [0.3, 0.4) is 0 Å². The topological polar surface area (TPSA) is 75.9 Å². The number of nitrogens with zero attached hydrogens (tertiary/aromatic N) is 3. The standard InChI is InChI=1S/C28H34N4O3S/c1-27(2,3)35-26(34)31-15-19-20(16-31)23(19)24(33)30-28(4,5)25-29-14-21-22(12-9-13-32(21)25)36-17-18-10-7-6-8-11-18/h6-14,19-20,23H,15-17H2,1-5H3,(H,30,33)/t19-,20+,23?. The van der Waals surface area contributed by atoms with Crippen LogP contribution in [0, 0.1) is 17.8 Å². The van der Waals surface area contributed by atoms with Crippen LogP contribution in [0.5, 0.6) is 0 Å². The zero-order valence-corrected chi connectivity index (χ0v) is 22.3. The number of hydrogen-bond acceptors (Lipinski definition) is 5. The summed E-state index contributed by atoms with van der Waals surface area (Å²) in [5.41, 5.74) is 1.15. The van der Waals surface area contributed by atoms with Gasteiger partial charge in [0.15, 0.2) is 0 Å². The zero-order chi connectivity index (χ0) is 25.7. The minimum absolute atomic E-state index is 0.0326. The number of hydrogen-bond donors (Lipinski definition) is 1. The molecule has 5 rings (SSSR count). The molecule has 1 saturated carbocycles. The number of amides is 2. The molecule has 3 aromatic rings. The Kier molecular flexibility index (Phi) is 6.27. The summed E-state index contributed by atoms with van der Waals surface area (Å²) >= 11 is 1.78. The van der Waals surface area contributed by atoms with Gasteiger partial charge in [0, 0.05) is 35.9 Å². The van der Waals surface area contributed by atoms with Gasteiger partial charge in [0.05, 0.1) is 17.3 Å². The van der Waals surface area contributed by atoms with Crippen molar-refractivity contribution >= 4 is 29.3 Å². The number of thioether (sulfide) groups is 1. The SMILES string of the molecule is CC(C)(C)OC(=O)N1C[C@@H]2C(C(=O)NC(C)(C)c3ncc4c(SCc5ccccc5)cccn34)[C@@H]2C1. The molecule has 0 radical (unpaired) electrons. The summed E-state index contributed by atoms with van der Waals surface area (Å²) in [5.74, 6) is 2.05. The van der Waals surface area contributed by atoms with Crippen molar-refractivity contribution in [1.29, 1.82) is 0 Å². The Labute approximate surface area is 216 Å². The van der Waals surface area contributed by atoms with Gasteiger partial charge in [-0.25, -0.2) is 9.78 Å². The second-order valence-electron chi connectivity index (χ2n) is 11.3. The molecular formula is C28H34N4O3S. The van der Waals surface area contributed by atoms with Gasteiger partial charge in [-0.15, -0.1) is 11.8 Å². The molecule has 1 saturated heterocycles. The van der Waals surface area contributed by atoms with Gasteiger partial charge in [0.1, 0.15) is 11.4 Å². The van der Waals surface area contributed by atoms with Gasteiger partial charge in [-0.2, -0.15) is 0 Å². The summed E-state index contributed by atoms with van der Waals surface area (Å²) in [7, 11) is 0. The largest absolute Gasteiger partial charge is 0.444 e. The van der Waals surface area contributed by atoms with E-state index in [0.29, 0.717) is 13.1 Å². The summed E-state index contributed by atoms with van der Waals surface area (Å²) in [6.45, 7) is 10.7. The normalized spacial score (nSPS) is 21.4. The highest BCUT2D eigenvalue weighted by atomic mass is 32.2. The molecule has 1 N–H and O–H groups in total. The van der Waals surface area contributed by atoms with Gasteiger partial charge in [0.25, 0.3) is 0 Å². The second kappa shape index (κ2) is 9.14. The molecule has 7 nitrogen and oxygen atoms in total. The summed E-state index contributed by atoms with van der Waals surface area (Å²) in [5, 5.41) is 3.24. The third-order valence-corrected chi connectivity index (χ3v) is 8.05. The maximum absolute atomic E-state index is 13.2. The summed E-state index contributed by atoms with van der Waals surface area (Å²) < 4.78 is 7.56. The van der Waals surface area contributed by atoms with Crippen molar-refractivity contribution in [1.82, 2.24) is 19.6 Å². The second-order valence-corrected chi connectivity index (χ2v) is 12.4. The maximum atomic E-state index is 13.2. The van der Waals surface area contributed by atoms with Crippen LogP contribution in [0.25, 0.3) is 5.52 Å². The van der Waals surface area contributed by atoms with Crippen LogP contribution in [0.2, 0.25) is 0 Å². The molecule has 1 aliphatic heterocycles. The predicted octanol–water partition coefficient (Wildman–Crippen LogP) is 5.09. The van der Waals surface area contributed by atoms with Crippen LogP contribution < -0.4 is 5.32 Å². The van der Waals surface area contributed by atoms with Gasteiger partial charge in [-0.1, -0.05) is 30.3 Å². The lowest BCUT2D eigenvalue weighted by molar-refractivity contribution is -0.125. The van der Waals surface area contributed by atoms with Gasteiger partial charge in [0.2, 0.25) is 5.91 Å². The van der Waals surface area contributed by atoms with Crippen LogP contribution in [0.4, 0.5) is 4.79 Å². The van der Waals surface area contributed by atoms with Gasteiger partial charge >= 0.3 is 6.09 Å².